The molecule has 210 valence electrons. The fraction of sp³-hybridized carbons (Fsp3) is 0.179. The third-order valence-electron chi connectivity index (χ3n) is 6.05. The molecule has 1 fully saturated rings. The van der Waals surface area contributed by atoms with Gasteiger partial charge in [-0.15, -0.1) is 18.3 Å². The maximum Gasteiger partial charge on any atom is 0.573 e. The van der Waals surface area contributed by atoms with Gasteiger partial charge in [0.2, 0.25) is 5.11 Å². The van der Waals surface area contributed by atoms with Crippen LogP contribution < -0.4 is 15.1 Å². The first-order chi connectivity index (χ1) is 19.7. The minimum absolute atomic E-state index is 0.270. The minimum Gasteiger partial charge on any atom is -0.406 e. The third-order valence-corrected chi connectivity index (χ3v) is 7.19. The summed E-state index contributed by atoms with van der Waals surface area (Å²) in [5.74, 6) is 1.08. The van der Waals surface area contributed by atoms with E-state index in [0.29, 0.717) is 11.5 Å². The fourth-order valence-electron chi connectivity index (χ4n) is 4.25. The molecule has 1 aliphatic heterocycles. The Morgan fingerprint density at radius 2 is 1.76 bits per heavy atom. The van der Waals surface area contributed by atoms with Crippen molar-refractivity contribution in [2.24, 2.45) is 10.1 Å². The van der Waals surface area contributed by atoms with E-state index in [2.05, 4.69) is 61.2 Å². The minimum atomic E-state index is -4.74. The number of aromatic nitrogens is 3. The molecule has 41 heavy (non-hydrogen) atoms. The Morgan fingerprint density at radius 3 is 2.44 bits per heavy atom. The zero-order valence-corrected chi connectivity index (χ0v) is 23.6. The van der Waals surface area contributed by atoms with Crippen LogP contribution >= 0.6 is 24.0 Å². The van der Waals surface area contributed by atoms with Gasteiger partial charge in [-0.2, -0.15) is 10.1 Å². The van der Waals surface area contributed by atoms with E-state index in [-0.39, 0.29) is 10.9 Å². The summed E-state index contributed by atoms with van der Waals surface area (Å²) in [5, 5.41) is 9.76. The van der Waals surface area contributed by atoms with Gasteiger partial charge in [0.1, 0.15) is 12.1 Å². The lowest BCUT2D eigenvalue weighted by molar-refractivity contribution is -0.274. The van der Waals surface area contributed by atoms with Crippen LogP contribution in [-0.4, -0.2) is 49.9 Å². The number of hydrogen-bond donors (Lipinski definition) is 1. The molecular weight excluding hydrogens is 571 g/mol. The average molecular weight is 596 g/mol. The first-order valence-corrected chi connectivity index (χ1v) is 13.8. The third kappa shape index (κ3) is 7.11. The summed E-state index contributed by atoms with van der Waals surface area (Å²) in [6, 6.07) is 19.0. The number of nitrogens with one attached hydrogen (secondary N) is 1. The Balaban J connectivity index is 1.19. The molecule has 2 heterocycles. The molecule has 8 nitrogen and oxygen atoms in total. The van der Waals surface area contributed by atoms with E-state index in [9.17, 15) is 13.2 Å². The van der Waals surface area contributed by atoms with Crippen LogP contribution in [0.1, 0.15) is 16.7 Å². The zero-order valence-electron chi connectivity index (χ0n) is 22.0. The van der Waals surface area contributed by atoms with Gasteiger partial charge in [0, 0.05) is 23.5 Å². The van der Waals surface area contributed by atoms with Crippen molar-refractivity contribution in [3.63, 3.8) is 0 Å². The Kier molecular flexibility index (Phi) is 8.36. The molecule has 0 spiro atoms. The zero-order chi connectivity index (χ0) is 29.0. The van der Waals surface area contributed by atoms with Crippen molar-refractivity contribution in [2.45, 2.75) is 20.2 Å². The van der Waals surface area contributed by atoms with Crippen LogP contribution in [0.25, 0.3) is 17.1 Å². The van der Waals surface area contributed by atoms with E-state index in [4.69, 9.17) is 12.2 Å². The van der Waals surface area contributed by atoms with Gasteiger partial charge in [0.05, 0.1) is 11.9 Å². The number of benzene rings is 3. The van der Waals surface area contributed by atoms with Crippen LogP contribution in [0.4, 0.5) is 18.9 Å². The number of para-hydroxylation sites is 1. The van der Waals surface area contributed by atoms with Gasteiger partial charge < -0.3 is 9.64 Å². The molecule has 13 heteroatoms. The molecule has 0 atom stereocenters. The Hall–Kier alpha value is -4.23. The summed E-state index contributed by atoms with van der Waals surface area (Å²) in [6.07, 6.45) is -1.62. The van der Waals surface area contributed by atoms with E-state index in [1.54, 1.807) is 18.0 Å². The van der Waals surface area contributed by atoms with Crippen molar-refractivity contribution in [3.05, 3.63) is 89.7 Å². The van der Waals surface area contributed by atoms with Crippen molar-refractivity contribution in [3.8, 4) is 22.8 Å². The molecule has 1 aliphatic rings. The van der Waals surface area contributed by atoms with Crippen molar-refractivity contribution in [1.29, 1.82) is 0 Å². The van der Waals surface area contributed by atoms with E-state index >= 15 is 0 Å². The molecule has 1 N–H and O–H groups in total. The summed E-state index contributed by atoms with van der Waals surface area (Å²) >= 11 is 7.06. The lowest BCUT2D eigenvalue weighted by Gasteiger charge is -2.22. The van der Waals surface area contributed by atoms with Crippen LogP contribution in [0.15, 0.2) is 83.2 Å². The number of alkyl halides is 3. The highest BCUT2D eigenvalue weighted by Gasteiger charge is 2.31. The molecule has 0 amide bonds. The van der Waals surface area contributed by atoms with Crippen LogP contribution in [0.2, 0.25) is 0 Å². The number of halogens is 3. The Bertz CT molecular complexity index is 1580. The second-order valence-corrected chi connectivity index (χ2v) is 10.4. The fourth-order valence-corrected chi connectivity index (χ4v) is 5.39. The smallest absolute Gasteiger partial charge is 0.406 e. The summed E-state index contributed by atoms with van der Waals surface area (Å²) in [4.78, 5) is 11.1. The number of hydrogen-bond acceptors (Lipinski definition) is 6. The van der Waals surface area contributed by atoms with E-state index in [1.165, 1.54) is 46.4 Å². The van der Waals surface area contributed by atoms with E-state index < -0.39 is 6.36 Å². The highest BCUT2D eigenvalue weighted by atomic mass is 32.2. The number of anilines is 1. The van der Waals surface area contributed by atoms with Crippen molar-refractivity contribution >= 4 is 46.2 Å². The number of thiocarbonyl (C=S) groups is 1. The lowest BCUT2D eigenvalue weighted by atomic mass is 10.1. The van der Waals surface area contributed by atoms with Gasteiger partial charge in [-0.25, -0.2) is 9.67 Å². The molecular formula is C28H24F3N7OS2. The molecule has 1 saturated heterocycles. The molecule has 0 saturated carbocycles. The number of hydrazone groups is 1. The number of nitrogens with zero attached hydrogens (tertiary/aromatic N) is 6. The molecule has 0 aliphatic carbocycles. The first-order valence-electron chi connectivity index (χ1n) is 12.4. The number of aryl methyl sites for hydroxylation is 2. The standard InChI is InChI=1S/C28H24F3N7OS2/c1-18-4-3-5-19(2)24(18)37-14-15-41-27(37)34-26(40)35-33-16-20-6-8-21(9-7-20)25-32-17-38(36-25)22-10-12-23(13-11-22)39-28(29,30)31/h3-13,16-17H,14-15H2,1-2H3,(H,35,40)/b33-16+,34-27-. The maximum atomic E-state index is 12.4. The number of ether oxygens (including phenoxy) is 1. The molecule has 5 rings (SSSR count). The molecule has 4 aromatic rings. The van der Waals surface area contributed by atoms with Gasteiger partial charge in [0.15, 0.2) is 11.0 Å². The average Bonchev–Trinajstić information content (AvgIpc) is 3.59. The van der Waals surface area contributed by atoms with Crippen molar-refractivity contribution in [2.75, 3.05) is 17.2 Å². The first kappa shape index (κ1) is 28.3. The van der Waals surface area contributed by atoms with Crippen LogP contribution in [0.3, 0.4) is 0 Å². The molecule has 3 aromatic carbocycles. The number of amidine groups is 1. The second kappa shape index (κ2) is 12.1. The van der Waals surface area contributed by atoms with Crippen LogP contribution in [0.5, 0.6) is 5.75 Å². The van der Waals surface area contributed by atoms with E-state index in [1.807, 2.05) is 30.3 Å². The van der Waals surface area contributed by atoms with Crippen molar-refractivity contribution < 1.29 is 17.9 Å². The summed E-state index contributed by atoms with van der Waals surface area (Å²) < 4.78 is 42.5. The molecule has 1 aromatic heterocycles. The SMILES string of the molecule is Cc1cccc(C)c1N1CCS/C1=N\C(=S)N/N=C/c1ccc(-c2ncn(-c3ccc(OC(F)(F)F)cc3)n2)cc1. The van der Waals surface area contributed by atoms with Gasteiger partial charge in [-0.3, -0.25) is 5.43 Å². The number of aliphatic imine (C=N–C) groups is 1. The van der Waals surface area contributed by atoms with E-state index in [0.717, 1.165) is 34.3 Å². The van der Waals surface area contributed by atoms with Gasteiger partial charge in [-0.1, -0.05) is 54.2 Å². The molecule has 0 radical (unpaired) electrons. The van der Waals surface area contributed by atoms with Gasteiger partial charge >= 0.3 is 6.36 Å². The molecule has 0 bridgehead atoms. The predicted octanol–water partition coefficient (Wildman–Crippen LogP) is 6.27. The normalized spacial score (nSPS) is 14.7. The van der Waals surface area contributed by atoms with Crippen LogP contribution in [0, 0.1) is 13.8 Å². The lowest BCUT2D eigenvalue weighted by Crippen LogP contribution is -2.27. The summed E-state index contributed by atoms with van der Waals surface area (Å²) in [6.45, 7) is 5.05. The largest absolute Gasteiger partial charge is 0.573 e. The predicted molar refractivity (Wildman–Crippen MR) is 160 cm³/mol. The van der Waals surface area contributed by atoms with Crippen molar-refractivity contribution in [1.82, 2.24) is 20.2 Å². The Labute approximate surface area is 244 Å². The highest BCUT2D eigenvalue weighted by molar-refractivity contribution is 8.14. The second-order valence-electron chi connectivity index (χ2n) is 8.99. The number of thioether (sulfide) groups is 1. The number of rotatable bonds is 6. The molecule has 0 unspecified atom stereocenters. The quantitative estimate of drug-likeness (QED) is 0.160. The highest BCUT2D eigenvalue weighted by Crippen LogP contribution is 2.31. The van der Waals surface area contributed by atoms with Crippen LogP contribution in [-0.2, 0) is 0 Å². The topological polar surface area (TPSA) is 79.9 Å². The Morgan fingerprint density at radius 1 is 1.05 bits per heavy atom. The van der Waals surface area contributed by atoms with Gasteiger partial charge in [0.25, 0.3) is 0 Å². The monoisotopic (exact) mass is 595 g/mol. The maximum absolute atomic E-state index is 12.4. The van der Waals surface area contributed by atoms with Gasteiger partial charge in [-0.05, 0) is 67.0 Å². The summed E-state index contributed by atoms with van der Waals surface area (Å²) in [5.41, 5.74) is 8.49. The summed E-state index contributed by atoms with van der Waals surface area (Å²) in [7, 11) is 0.